The fraction of sp³-hybridized carbons (Fsp3) is 0.450. The Balaban J connectivity index is 2.16. The molecule has 1 aromatic heterocycles. The number of primary amides is 1. The summed E-state index contributed by atoms with van der Waals surface area (Å²) in [6, 6.07) is 3.24. The van der Waals surface area contributed by atoms with Gasteiger partial charge in [0.1, 0.15) is 6.04 Å². The molecule has 2 heterocycles. The topological polar surface area (TPSA) is 104 Å². The van der Waals surface area contributed by atoms with Crippen molar-refractivity contribution in [2.24, 2.45) is 5.73 Å². The number of thioether (sulfide) groups is 1. The number of benzene rings is 1. The quantitative estimate of drug-likeness (QED) is 0.504. The van der Waals surface area contributed by atoms with Crippen LogP contribution < -0.4 is 20.5 Å². The first-order valence-corrected chi connectivity index (χ1v) is 11.6. The second-order valence-corrected chi connectivity index (χ2v) is 8.55. The van der Waals surface area contributed by atoms with Gasteiger partial charge in [-0.2, -0.15) is 4.98 Å². The number of carbonyl (C=O) groups is 1. The summed E-state index contributed by atoms with van der Waals surface area (Å²) in [5.41, 5.74) is 7.65. The number of anilines is 1. The molecule has 3 rings (SSSR count). The van der Waals surface area contributed by atoms with Crippen molar-refractivity contribution in [3.8, 4) is 11.5 Å². The number of nitrogens with two attached hydrogens (primary N) is 1. The van der Waals surface area contributed by atoms with Gasteiger partial charge in [0.15, 0.2) is 11.5 Å². The van der Waals surface area contributed by atoms with Crippen LogP contribution in [0.4, 0.5) is 5.95 Å². The molecule has 1 amide bonds. The molecule has 10 heteroatoms. The van der Waals surface area contributed by atoms with E-state index in [1.54, 1.807) is 16.4 Å². The minimum absolute atomic E-state index is 0.429. The first-order chi connectivity index (χ1) is 14.4. The van der Waals surface area contributed by atoms with Gasteiger partial charge in [-0.1, -0.05) is 18.7 Å². The highest BCUT2D eigenvalue weighted by molar-refractivity contribution is 9.10. The molecule has 0 bridgehead atoms. The van der Waals surface area contributed by atoms with E-state index in [1.807, 2.05) is 32.9 Å². The van der Waals surface area contributed by atoms with Crippen LogP contribution in [0.25, 0.3) is 0 Å². The number of hydrogen-bond donors (Lipinski definition) is 2. The minimum atomic E-state index is -0.534. The molecule has 1 aliphatic heterocycles. The molecule has 1 unspecified atom stereocenters. The molecule has 30 heavy (non-hydrogen) atoms. The standard InChI is InChI=1S/C20H26BrN5O3S/c1-5-8-30-20-24-19-23-11(4)15(18(22)27)16(26(19)25-20)12-9-13(21)17(29-7-3)14(10-12)28-6-2/h9-10,16H,5-8H2,1-4H3,(H2,22,27)(H,23,24,25). The average Bonchev–Trinajstić information content (AvgIpc) is 3.09. The van der Waals surface area contributed by atoms with Crippen LogP contribution >= 0.6 is 27.7 Å². The van der Waals surface area contributed by atoms with Gasteiger partial charge in [0, 0.05) is 11.4 Å². The first kappa shape index (κ1) is 22.5. The Labute approximate surface area is 188 Å². The van der Waals surface area contributed by atoms with Crippen molar-refractivity contribution in [3.63, 3.8) is 0 Å². The fourth-order valence-electron chi connectivity index (χ4n) is 3.31. The van der Waals surface area contributed by atoms with Crippen molar-refractivity contribution in [2.45, 2.75) is 45.3 Å². The van der Waals surface area contributed by atoms with Crippen LogP contribution in [-0.2, 0) is 4.79 Å². The third-order valence-corrected chi connectivity index (χ3v) is 6.10. The molecule has 0 aliphatic carbocycles. The maximum absolute atomic E-state index is 12.4. The van der Waals surface area contributed by atoms with Crippen LogP contribution in [0.1, 0.15) is 45.7 Å². The number of nitrogens with zero attached hydrogens (tertiary/aromatic N) is 3. The number of fused-ring (bicyclic) bond motifs is 1. The highest BCUT2D eigenvalue weighted by Crippen LogP contribution is 2.43. The molecule has 0 saturated heterocycles. The van der Waals surface area contributed by atoms with Crippen molar-refractivity contribution in [3.05, 3.63) is 33.4 Å². The number of allylic oxidation sites excluding steroid dienone is 1. The minimum Gasteiger partial charge on any atom is -0.490 e. The molecule has 8 nitrogen and oxygen atoms in total. The molecule has 3 N–H and O–H groups in total. The normalized spacial score (nSPS) is 15.6. The summed E-state index contributed by atoms with van der Waals surface area (Å²) in [4.78, 5) is 17.0. The van der Waals surface area contributed by atoms with E-state index in [4.69, 9.17) is 15.2 Å². The Bertz CT molecular complexity index is 976. The fourth-order valence-corrected chi connectivity index (χ4v) is 4.56. The van der Waals surface area contributed by atoms with Gasteiger partial charge < -0.3 is 20.5 Å². The van der Waals surface area contributed by atoms with Crippen LogP contribution in [0.3, 0.4) is 0 Å². The summed E-state index contributed by atoms with van der Waals surface area (Å²) in [7, 11) is 0. The highest BCUT2D eigenvalue weighted by atomic mass is 79.9. The Morgan fingerprint density at radius 3 is 2.67 bits per heavy atom. The van der Waals surface area contributed by atoms with Crippen molar-refractivity contribution in [2.75, 3.05) is 24.3 Å². The Hall–Kier alpha value is -2.20. The van der Waals surface area contributed by atoms with Gasteiger partial charge in [0.25, 0.3) is 0 Å². The lowest BCUT2D eigenvalue weighted by Gasteiger charge is -2.28. The van der Waals surface area contributed by atoms with Crippen LogP contribution in [-0.4, -0.2) is 39.6 Å². The third-order valence-electron chi connectivity index (χ3n) is 4.47. The molecule has 1 aromatic carbocycles. The van der Waals surface area contributed by atoms with Gasteiger partial charge in [-0.25, -0.2) is 4.68 Å². The molecule has 1 aliphatic rings. The van der Waals surface area contributed by atoms with Crippen molar-refractivity contribution >= 4 is 39.5 Å². The van der Waals surface area contributed by atoms with E-state index in [0.717, 1.165) is 22.2 Å². The van der Waals surface area contributed by atoms with E-state index < -0.39 is 11.9 Å². The van der Waals surface area contributed by atoms with Crippen LogP contribution in [0, 0.1) is 0 Å². The molecule has 0 fully saturated rings. The van der Waals surface area contributed by atoms with Crippen molar-refractivity contribution in [1.82, 2.24) is 14.8 Å². The van der Waals surface area contributed by atoms with Gasteiger partial charge in [0.05, 0.1) is 23.3 Å². The van der Waals surface area contributed by atoms with Gasteiger partial charge in [-0.05, 0) is 60.8 Å². The molecule has 0 saturated carbocycles. The Morgan fingerprint density at radius 2 is 2.03 bits per heavy atom. The predicted octanol–water partition coefficient (Wildman–Crippen LogP) is 4.11. The monoisotopic (exact) mass is 495 g/mol. The average molecular weight is 496 g/mol. The number of carbonyl (C=O) groups excluding carboxylic acids is 1. The van der Waals surface area contributed by atoms with Crippen molar-refractivity contribution in [1.29, 1.82) is 0 Å². The second-order valence-electron chi connectivity index (χ2n) is 6.64. The Morgan fingerprint density at radius 1 is 1.30 bits per heavy atom. The number of amides is 1. The smallest absolute Gasteiger partial charge is 0.248 e. The number of nitrogens with one attached hydrogen (secondary N) is 1. The third kappa shape index (κ3) is 4.44. The number of ether oxygens (including phenoxy) is 2. The highest BCUT2D eigenvalue weighted by Gasteiger charge is 2.34. The van der Waals surface area contributed by atoms with E-state index in [2.05, 4.69) is 38.3 Å². The summed E-state index contributed by atoms with van der Waals surface area (Å²) in [5, 5.41) is 8.47. The number of hydrogen-bond acceptors (Lipinski definition) is 7. The van der Waals surface area contributed by atoms with Crippen LogP contribution in [0.15, 0.2) is 33.0 Å². The first-order valence-electron chi connectivity index (χ1n) is 9.87. The maximum atomic E-state index is 12.4. The zero-order valence-electron chi connectivity index (χ0n) is 17.5. The van der Waals surface area contributed by atoms with E-state index in [-0.39, 0.29) is 0 Å². The van der Waals surface area contributed by atoms with E-state index in [9.17, 15) is 4.79 Å². The summed E-state index contributed by atoms with van der Waals surface area (Å²) < 4.78 is 14.0. The Kier molecular flexibility index (Phi) is 7.30. The lowest BCUT2D eigenvalue weighted by molar-refractivity contribution is -0.115. The zero-order valence-corrected chi connectivity index (χ0v) is 19.9. The zero-order chi connectivity index (χ0) is 21.8. The number of aromatic nitrogens is 3. The lowest BCUT2D eigenvalue weighted by atomic mass is 9.95. The van der Waals surface area contributed by atoms with E-state index in [0.29, 0.717) is 47.1 Å². The molecule has 0 spiro atoms. The molecule has 1 atom stereocenters. The summed E-state index contributed by atoms with van der Waals surface area (Å²) in [6.45, 7) is 8.73. The SMILES string of the molecule is CCCSc1nc2n(n1)C(c1cc(Br)c(OCC)c(OCC)c1)C(C(N)=O)=C(C)N2. The number of halogens is 1. The summed E-state index contributed by atoms with van der Waals surface area (Å²) in [6.07, 6.45) is 1.01. The van der Waals surface area contributed by atoms with Gasteiger partial charge in [-0.15, -0.1) is 5.10 Å². The predicted molar refractivity (Wildman–Crippen MR) is 121 cm³/mol. The van der Waals surface area contributed by atoms with Crippen LogP contribution in [0.5, 0.6) is 11.5 Å². The van der Waals surface area contributed by atoms with Gasteiger partial charge in [-0.3, -0.25) is 4.79 Å². The maximum Gasteiger partial charge on any atom is 0.248 e. The summed E-state index contributed by atoms with van der Waals surface area (Å²) in [5.74, 6) is 2.18. The summed E-state index contributed by atoms with van der Waals surface area (Å²) >= 11 is 5.16. The molecular formula is C20H26BrN5O3S. The number of rotatable bonds is 9. The van der Waals surface area contributed by atoms with Crippen LogP contribution in [0.2, 0.25) is 0 Å². The van der Waals surface area contributed by atoms with E-state index in [1.165, 1.54) is 0 Å². The second kappa shape index (κ2) is 9.74. The largest absolute Gasteiger partial charge is 0.490 e. The molecule has 162 valence electrons. The lowest BCUT2D eigenvalue weighted by Crippen LogP contribution is -2.32. The molecule has 2 aromatic rings. The van der Waals surface area contributed by atoms with Gasteiger partial charge >= 0.3 is 0 Å². The molecule has 0 radical (unpaired) electrons. The van der Waals surface area contributed by atoms with Gasteiger partial charge in [0.2, 0.25) is 17.0 Å². The van der Waals surface area contributed by atoms with Crippen molar-refractivity contribution < 1.29 is 14.3 Å². The van der Waals surface area contributed by atoms with E-state index >= 15 is 0 Å². The molecular weight excluding hydrogens is 470 g/mol.